The molecule has 1 N–H and O–H groups in total. The van der Waals surface area contributed by atoms with E-state index in [1.807, 2.05) is 24.3 Å². The summed E-state index contributed by atoms with van der Waals surface area (Å²) in [7, 11) is 0. The Labute approximate surface area is 121 Å². The summed E-state index contributed by atoms with van der Waals surface area (Å²) < 4.78 is 0. The Hall–Kier alpha value is -2.57. The molecule has 1 heterocycles. The molecule has 0 saturated heterocycles. The summed E-state index contributed by atoms with van der Waals surface area (Å²) >= 11 is 5.90. The Kier molecular flexibility index (Phi) is 3.24. The van der Waals surface area contributed by atoms with Crippen molar-refractivity contribution in [2.45, 2.75) is 0 Å². The summed E-state index contributed by atoms with van der Waals surface area (Å²) in [5.74, 6) is 0. The topological polar surface area (TPSA) is 48.7 Å². The van der Waals surface area contributed by atoms with E-state index in [1.165, 1.54) is 0 Å². The van der Waals surface area contributed by atoms with Crippen LogP contribution in [0.1, 0.15) is 5.56 Å². The number of halogens is 1. The highest BCUT2D eigenvalue weighted by Crippen LogP contribution is 2.28. The maximum atomic E-state index is 9.17. The lowest BCUT2D eigenvalue weighted by Gasteiger charge is -2.11. The summed E-state index contributed by atoms with van der Waals surface area (Å²) in [5, 5.41) is 15.1. The molecular formula is C16H10ClN3. The van der Waals surface area contributed by atoms with Gasteiger partial charge in [-0.1, -0.05) is 23.7 Å². The van der Waals surface area contributed by atoms with Gasteiger partial charge in [0, 0.05) is 28.5 Å². The lowest BCUT2D eigenvalue weighted by atomic mass is 10.1. The number of benzene rings is 2. The van der Waals surface area contributed by atoms with Crippen LogP contribution in [-0.4, -0.2) is 4.98 Å². The van der Waals surface area contributed by atoms with E-state index in [-0.39, 0.29) is 0 Å². The van der Waals surface area contributed by atoms with Crippen LogP contribution in [0.3, 0.4) is 0 Å². The number of rotatable bonds is 2. The van der Waals surface area contributed by atoms with Crippen molar-refractivity contribution in [3.8, 4) is 6.07 Å². The van der Waals surface area contributed by atoms with Crippen LogP contribution in [0, 0.1) is 11.3 Å². The molecule has 0 radical (unpaired) electrons. The monoisotopic (exact) mass is 279 g/mol. The first kappa shape index (κ1) is 12.5. The van der Waals surface area contributed by atoms with Crippen LogP contribution in [0.25, 0.3) is 10.8 Å². The highest BCUT2D eigenvalue weighted by molar-refractivity contribution is 6.30. The van der Waals surface area contributed by atoms with Gasteiger partial charge in [0.2, 0.25) is 0 Å². The lowest BCUT2D eigenvalue weighted by molar-refractivity contribution is 1.36. The molecule has 0 aliphatic heterocycles. The Morgan fingerprint density at radius 3 is 2.85 bits per heavy atom. The molecule has 3 aromatic rings. The number of hydrogen-bond donors (Lipinski definition) is 1. The number of fused-ring (bicyclic) bond motifs is 1. The molecule has 0 atom stereocenters. The maximum absolute atomic E-state index is 9.17. The van der Waals surface area contributed by atoms with Gasteiger partial charge < -0.3 is 5.32 Å². The second-order valence-corrected chi connectivity index (χ2v) is 4.77. The van der Waals surface area contributed by atoms with Crippen LogP contribution < -0.4 is 5.32 Å². The predicted octanol–water partition coefficient (Wildman–Crippen LogP) is 4.50. The molecule has 3 nitrogen and oxygen atoms in total. The van der Waals surface area contributed by atoms with Crippen molar-refractivity contribution < 1.29 is 0 Å². The number of hydrogen-bond acceptors (Lipinski definition) is 3. The number of nitriles is 1. The molecule has 96 valence electrons. The summed E-state index contributed by atoms with van der Waals surface area (Å²) in [6.07, 6.45) is 3.56. The first-order valence-electron chi connectivity index (χ1n) is 6.07. The van der Waals surface area contributed by atoms with Gasteiger partial charge in [0.15, 0.2) is 0 Å². The van der Waals surface area contributed by atoms with E-state index < -0.39 is 0 Å². The normalized spacial score (nSPS) is 10.2. The first-order valence-corrected chi connectivity index (χ1v) is 6.45. The largest absolute Gasteiger partial charge is 0.354 e. The van der Waals surface area contributed by atoms with Gasteiger partial charge in [-0.15, -0.1) is 0 Å². The fourth-order valence-electron chi connectivity index (χ4n) is 2.09. The zero-order chi connectivity index (χ0) is 13.9. The van der Waals surface area contributed by atoms with Crippen LogP contribution in [0.4, 0.5) is 11.4 Å². The average Bonchev–Trinajstić information content (AvgIpc) is 2.49. The van der Waals surface area contributed by atoms with Crippen LogP contribution in [0.5, 0.6) is 0 Å². The molecule has 0 amide bonds. The molecule has 0 fully saturated rings. The van der Waals surface area contributed by atoms with Gasteiger partial charge >= 0.3 is 0 Å². The molecule has 3 rings (SSSR count). The zero-order valence-corrected chi connectivity index (χ0v) is 11.2. The molecule has 4 heteroatoms. The molecule has 0 unspecified atom stereocenters. The van der Waals surface area contributed by atoms with Gasteiger partial charge in [-0.05, 0) is 35.7 Å². The van der Waals surface area contributed by atoms with E-state index in [0.717, 1.165) is 22.1 Å². The fourth-order valence-corrected chi connectivity index (χ4v) is 2.26. The summed E-state index contributed by atoms with van der Waals surface area (Å²) in [6.45, 7) is 0. The molecule has 0 saturated carbocycles. The quantitative estimate of drug-likeness (QED) is 0.751. The first-order chi connectivity index (χ1) is 9.78. The van der Waals surface area contributed by atoms with Crippen LogP contribution in [-0.2, 0) is 0 Å². The minimum atomic E-state index is 0.512. The molecule has 0 bridgehead atoms. The van der Waals surface area contributed by atoms with E-state index in [9.17, 15) is 5.26 Å². The molecular weight excluding hydrogens is 270 g/mol. The third kappa shape index (κ3) is 2.29. The van der Waals surface area contributed by atoms with E-state index >= 15 is 0 Å². The Morgan fingerprint density at radius 2 is 2.00 bits per heavy atom. The van der Waals surface area contributed by atoms with Crippen molar-refractivity contribution in [3.05, 3.63) is 65.4 Å². The second kappa shape index (κ2) is 5.20. The standard InChI is InChI=1S/C16H10ClN3/c17-13-4-5-15(12(8-13)9-18)20-16-3-1-2-11-6-7-19-10-14(11)16/h1-8,10,20H. The number of nitrogens with one attached hydrogen (secondary N) is 1. The van der Waals surface area contributed by atoms with Crippen molar-refractivity contribution in [2.24, 2.45) is 0 Å². The summed E-state index contributed by atoms with van der Waals surface area (Å²) in [6, 6.07) is 15.2. The lowest BCUT2D eigenvalue weighted by Crippen LogP contribution is -1.94. The summed E-state index contributed by atoms with van der Waals surface area (Å²) in [4.78, 5) is 4.15. The average molecular weight is 280 g/mol. The number of nitrogens with zero attached hydrogens (tertiary/aromatic N) is 2. The third-order valence-electron chi connectivity index (χ3n) is 3.06. The van der Waals surface area contributed by atoms with Gasteiger partial charge in [0.25, 0.3) is 0 Å². The van der Waals surface area contributed by atoms with Gasteiger partial charge in [0.1, 0.15) is 6.07 Å². The molecule has 2 aromatic carbocycles. The van der Waals surface area contributed by atoms with Crippen molar-refractivity contribution in [1.82, 2.24) is 4.98 Å². The van der Waals surface area contributed by atoms with Gasteiger partial charge in [-0.3, -0.25) is 4.98 Å². The smallest absolute Gasteiger partial charge is 0.101 e. The minimum absolute atomic E-state index is 0.512. The number of aromatic nitrogens is 1. The Morgan fingerprint density at radius 1 is 1.10 bits per heavy atom. The van der Waals surface area contributed by atoms with Crippen molar-refractivity contribution in [3.63, 3.8) is 0 Å². The van der Waals surface area contributed by atoms with Crippen LogP contribution in [0.2, 0.25) is 5.02 Å². The van der Waals surface area contributed by atoms with Gasteiger partial charge in [-0.25, -0.2) is 0 Å². The number of pyridine rings is 1. The SMILES string of the molecule is N#Cc1cc(Cl)ccc1Nc1cccc2ccncc12. The zero-order valence-electron chi connectivity index (χ0n) is 10.5. The fraction of sp³-hybridized carbons (Fsp3) is 0. The number of anilines is 2. The Bertz CT molecular complexity index is 816. The van der Waals surface area contributed by atoms with Crippen molar-refractivity contribution >= 4 is 33.7 Å². The van der Waals surface area contributed by atoms with E-state index in [4.69, 9.17) is 11.6 Å². The van der Waals surface area contributed by atoms with E-state index in [0.29, 0.717) is 10.6 Å². The maximum Gasteiger partial charge on any atom is 0.101 e. The highest BCUT2D eigenvalue weighted by atomic mass is 35.5. The van der Waals surface area contributed by atoms with Crippen LogP contribution in [0.15, 0.2) is 54.9 Å². The summed E-state index contributed by atoms with van der Waals surface area (Å²) in [5.41, 5.74) is 2.15. The van der Waals surface area contributed by atoms with Crippen molar-refractivity contribution in [2.75, 3.05) is 5.32 Å². The van der Waals surface area contributed by atoms with E-state index in [1.54, 1.807) is 30.6 Å². The minimum Gasteiger partial charge on any atom is -0.354 e. The molecule has 0 aliphatic rings. The highest BCUT2D eigenvalue weighted by Gasteiger charge is 2.06. The van der Waals surface area contributed by atoms with Crippen molar-refractivity contribution in [1.29, 1.82) is 5.26 Å². The molecule has 0 aliphatic carbocycles. The molecule has 20 heavy (non-hydrogen) atoms. The van der Waals surface area contributed by atoms with E-state index in [2.05, 4.69) is 16.4 Å². The molecule has 1 aromatic heterocycles. The van der Waals surface area contributed by atoms with Gasteiger partial charge in [0.05, 0.1) is 11.3 Å². The van der Waals surface area contributed by atoms with Crippen LogP contribution >= 0.6 is 11.6 Å². The second-order valence-electron chi connectivity index (χ2n) is 4.33. The third-order valence-corrected chi connectivity index (χ3v) is 3.29. The predicted molar refractivity (Wildman–Crippen MR) is 81.2 cm³/mol. The Balaban J connectivity index is 2.08. The molecule has 0 spiro atoms. The van der Waals surface area contributed by atoms with Gasteiger partial charge in [-0.2, -0.15) is 5.26 Å².